The Labute approximate surface area is 123 Å². The van der Waals surface area contributed by atoms with E-state index in [1.54, 1.807) is 12.4 Å². The Kier molecular flexibility index (Phi) is 3.01. The second-order valence-electron chi connectivity index (χ2n) is 4.34. The maximum atomic E-state index is 4.50. The van der Waals surface area contributed by atoms with Gasteiger partial charge in [0.1, 0.15) is 0 Å². The fourth-order valence-electron chi connectivity index (χ4n) is 2.58. The molecule has 1 heterocycles. The van der Waals surface area contributed by atoms with Crippen LogP contribution in [0.25, 0.3) is 32.6 Å². The topological polar surface area (TPSA) is 25.8 Å². The van der Waals surface area contributed by atoms with Crippen LogP contribution < -0.4 is 0 Å². The van der Waals surface area contributed by atoms with Gasteiger partial charge in [0.15, 0.2) is 0 Å². The molecule has 0 amide bonds. The van der Waals surface area contributed by atoms with Gasteiger partial charge in [-0.3, -0.25) is 9.97 Å². The molecule has 3 aromatic carbocycles. The smallest absolute Gasteiger partial charge is 0.252 e. The maximum Gasteiger partial charge on any atom is 3.00 e. The van der Waals surface area contributed by atoms with Gasteiger partial charge in [0, 0.05) is 23.2 Å². The van der Waals surface area contributed by atoms with Crippen molar-refractivity contribution in [1.82, 2.24) is 9.97 Å². The minimum atomic E-state index is 0. The summed E-state index contributed by atoms with van der Waals surface area (Å²) in [7, 11) is 0. The molecule has 2 nitrogen and oxygen atoms in total. The summed E-state index contributed by atoms with van der Waals surface area (Å²) in [5.74, 6) is 0. The Morgan fingerprint density at radius 3 is 1.32 bits per heavy atom. The van der Waals surface area contributed by atoms with Gasteiger partial charge in [0.25, 0.3) is 0 Å². The Balaban J connectivity index is 0.00000110. The molecule has 4 rings (SSSR count). The van der Waals surface area contributed by atoms with Gasteiger partial charge in [-0.25, -0.2) is 0 Å². The van der Waals surface area contributed by atoms with Crippen LogP contribution in [0.4, 0.5) is 0 Å². The van der Waals surface area contributed by atoms with Gasteiger partial charge < -0.3 is 0 Å². The van der Waals surface area contributed by atoms with Gasteiger partial charge in [0.2, 0.25) is 0 Å². The van der Waals surface area contributed by atoms with Crippen LogP contribution in [0.3, 0.4) is 0 Å². The first-order valence-corrected chi connectivity index (χ1v) is 5.95. The maximum absolute atomic E-state index is 4.50. The molecular formula is C16H10IrN2+3. The first-order valence-electron chi connectivity index (χ1n) is 5.95. The van der Waals surface area contributed by atoms with E-state index in [2.05, 4.69) is 46.4 Å². The second-order valence-corrected chi connectivity index (χ2v) is 4.34. The van der Waals surface area contributed by atoms with Crippen LogP contribution in [0.2, 0.25) is 0 Å². The number of nitrogens with zero attached hydrogens (tertiary/aromatic N) is 2. The summed E-state index contributed by atoms with van der Waals surface area (Å²) in [6, 6.07) is 16.7. The normalized spacial score (nSPS) is 10.7. The van der Waals surface area contributed by atoms with E-state index in [0.29, 0.717) is 0 Å². The van der Waals surface area contributed by atoms with Crippen molar-refractivity contribution in [3.63, 3.8) is 0 Å². The third-order valence-electron chi connectivity index (χ3n) is 3.35. The fraction of sp³-hybridized carbons (Fsp3) is 0. The van der Waals surface area contributed by atoms with Crippen molar-refractivity contribution in [1.29, 1.82) is 0 Å². The Bertz CT molecular complexity index is 666. The number of fused-ring (bicyclic) bond motifs is 6. The van der Waals surface area contributed by atoms with Crippen LogP contribution in [-0.2, 0) is 20.1 Å². The molecule has 0 spiro atoms. The molecule has 0 atom stereocenters. The molecule has 0 saturated heterocycles. The monoisotopic (exact) mass is 423 g/mol. The van der Waals surface area contributed by atoms with Crippen LogP contribution in [0.5, 0.6) is 0 Å². The molecule has 0 N–H and O–H groups in total. The summed E-state index contributed by atoms with van der Waals surface area (Å²) in [5.41, 5.74) is 1.96. The number of rotatable bonds is 0. The van der Waals surface area contributed by atoms with E-state index in [1.165, 1.54) is 21.5 Å². The summed E-state index contributed by atoms with van der Waals surface area (Å²) in [5, 5.41) is 4.81. The predicted octanol–water partition coefficient (Wildman–Crippen LogP) is 3.93. The Morgan fingerprint density at radius 2 is 0.895 bits per heavy atom. The zero-order valence-electron chi connectivity index (χ0n) is 10.0. The van der Waals surface area contributed by atoms with E-state index in [1.807, 2.05) is 12.1 Å². The first kappa shape index (κ1) is 12.2. The summed E-state index contributed by atoms with van der Waals surface area (Å²) in [6.45, 7) is 0. The molecule has 0 bridgehead atoms. The largest absolute Gasteiger partial charge is 3.00 e. The molecule has 0 unspecified atom stereocenters. The predicted molar refractivity (Wildman–Crippen MR) is 74.6 cm³/mol. The molecule has 19 heavy (non-hydrogen) atoms. The van der Waals surface area contributed by atoms with Gasteiger partial charge in [0.05, 0.1) is 11.0 Å². The van der Waals surface area contributed by atoms with E-state index >= 15 is 0 Å². The molecule has 1 aromatic heterocycles. The van der Waals surface area contributed by atoms with E-state index in [0.717, 1.165) is 11.0 Å². The molecule has 0 radical (unpaired) electrons. The van der Waals surface area contributed by atoms with Crippen molar-refractivity contribution in [3.05, 3.63) is 60.9 Å². The van der Waals surface area contributed by atoms with E-state index in [4.69, 9.17) is 0 Å². The number of benzene rings is 3. The van der Waals surface area contributed by atoms with Gasteiger partial charge in [-0.15, -0.1) is 0 Å². The molecule has 4 aromatic rings. The number of hydrogen-bond acceptors (Lipinski definition) is 2. The van der Waals surface area contributed by atoms with Crippen LogP contribution in [0.15, 0.2) is 60.9 Å². The van der Waals surface area contributed by atoms with Gasteiger partial charge in [-0.2, -0.15) is 0 Å². The second kappa shape index (κ2) is 4.69. The first-order chi connectivity index (χ1) is 8.95. The summed E-state index contributed by atoms with van der Waals surface area (Å²) < 4.78 is 0. The van der Waals surface area contributed by atoms with Crippen molar-refractivity contribution >= 4 is 32.6 Å². The molecule has 0 saturated carbocycles. The van der Waals surface area contributed by atoms with Crippen LogP contribution in [-0.4, -0.2) is 9.97 Å². The Morgan fingerprint density at radius 1 is 0.526 bits per heavy atom. The van der Waals surface area contributed by atoms with Gasteiger partial charge in [-0.05, 0) is 10.8 Å². The third kappa shape index (κ3) is 1.74. The van der Waals surface area contributed by atoms with Crippen molar-refractivity contribution in [2.45, 2.75) is 0 Å². The molecular weight excluding hydrogens is 412 g/mol. The number of aromatic nitrogens is 2. The van der Waals surface area contributed by atoms with Crippen molar-refractivity contribution in [3.8, 4) is 0 Å². The molecule has 0 aliphatic carbocycles. The summed E-state index contributed by atoms with van der Waals surface area (Å²) in [4.78, 5) is 8.99. The number of hydrogen-bond donors (Lipinski definition) is 0. The Hall–Kier alpha value is -1.83. The van der Waals surface area contributed by atoms with E-state index in [-0.39, 0.29) is 20.1 Å². The zero-order chi connectivity index (χ0) is 11.9. The molecule has 0 aliphatic rings. The van der Waals surface area contributed by atoms with E-state index in [9.17, 15) is 0 Å². The standard InChI is InChI=1S/C16H10N2.Ir/c1-3-7-13-11(5-1)12-6-2-4-8-14(12)16-15(13)17-9-10-18-16;/h1-10H;/q;+3. The van der Waals surface area contributed by atoms with Crippen LogP contribution >= 0.6 is 0 Å². The quantitative estimate of drug-likeness (QED) is 0.401. The molecule has 0 fully saturated rings. The third-order valence-corrected chi connectivity index (χ3v) is 3.35. The van der Waals surface area contributed by atoms with Crippen molar-refractivity contribution < 1.29 is 20.1 Å². The average Bonchev–Trinajstić information content (AvgIpc) is 2.48. The summed E-state index contributed by atoms with van der Waals surface area (Å²) in [6.07, 6.45) is 3.51. The van der Waals surface area contributed by atoms with Gasteiger partial charge in [-0.1, -0.05) is 48.5 Å². The van der Waals surface area contributed by atoms with Crippen molar-refractivity contribution in [2.75, 3.05) is 0 Å². The zero-order valence-corrected chi connectivity index (χ0v) is 12.4. The molecule has 0 aliphatic heterocycles. The molecule has 90 valence electrons. The fourth-order valence-corrected chi connectivity index (χ4v) is 2.58. The minimum Gasteiger partial charge on any atom is -0.252 e. The van der Waals surface area contributed by atoms with Crippen LogP contribution in [0, 0.1) is 0 Å². The average molecular weight is 422 g/mol. The van der Waals surface area contributed by atoms with Crippen LogP contribution in [0.1, 0.15) is 0 Å². The van der Waals surface area contributed by atoms with Crippen molar-refractivity contribution in [2.24, 2.45) is 0 Å². The van der Waals surface area contributed by atoms with Gasteiger partial charge >= 0.3 is 20.1 Å². The minimum absolute atomic E-state index is 0. The summed E-state index contributed by atoms with van der Waals surface area (Å²) >= 11 is 0. The SMILES string of the molecule is [Ir+3].c1ccc2c(c1)c1ccccc1c1nccnc21. The van der Waals surface area contributed by atoms with E-state index < -0.39 is 0 Å². The molecule has 3 heteroatoms.